The van der Waals surface area contributed by atoms with Gasteiger partial charge in [0.1, 0.15) is 11.4 Å². The lowest BCUT2D eigenvalue weighted by Gasteiger charge is -2.35. The molecule has 1 fully saturated rings. The minimum absolute atomic E-state index is 0.232. The van der Waals surface area contributed by atoms with E-state index in [4.69, 9.17) is 5.26 Å². The molecule has 4 atom stereocenters. The van der Waals surface area contributed by atoms with Crippen LogP contribution in [0.5, 0.6) is 0 Å². The quantitative estimate of drug-likeness (QED) is 0.873. The number of allylic oxidation sites excluding steroid dienone is 3. The van der Waals surface area contributed by atoms with E-state index in [-0.39, 0.29) is 12.0 Å². The van der Waals surface area contributed by atoms with Crippen LogP contribution in [-0.2, 0) is 5.60 Å². The molecule has 0 saturated heterocycles. The molecular weight excluding hydrogens is 353 g/mol. The molecule has 142 valence electrons. The number of imidazole rings is 1. The number of benzene rings is 1. The fourth-order valence-corrected chi connectivity index (χ4v) is 5.12. The number of aliphatic hydroxyl groups is 1. The lowest BCUT2D eigenvalue weighted by molar-refractivity contribution is 0.0594. The average Bonchev–Trinajstić information content (AvgIpc) is 3.33. The third-order valence-corrected chi connectivity index (χ3v) is 6.72. The summed E-state index contributed by atoms with van der Waals surface area (Å²) >= 11 is 0. The third kappa shape index (κ3) is 2.48. The molecule has 5 heteroatoms. The monoisotopic (exact) mass is 375 g/mol. The van der Waals surface area contributed by atoms with Crippen LogP contribution >= 0.6 is 0 Å². The maximum absolute atomic E-state index is 14.7. The van der Waals surface area contributed by atoms with Crippen LogP contribution < -0.4 is 0 Å². The highest BCUT2D eigenvalue weighted by molar-refractivity contribution is 5.42. The molecule has 0 amide bonds. The number of halogens is 1. The average molecular weight is 375 g/mol. The Labute approximate surface area is 163 Å². The van der Waals surface area contributed by atoms with Crippen LogP contribution in [0.15, 0.2) is 54.5 Å². The van der Waals surface area contributed by atoms with Crippen molar-refractivity contribution in [3.63, 3.8) is 0 Å². The van der Waals surface area contributed by atoms with Gasteiger partial charge < -0.3 is 9.67 Å². The molecule has 0 radical (unpaired) electrons. The SMILES string of the molecule is CC1C(C2(O)CC(c3ccc(C#N)cc3F)n3cncc32)=CC=CC1C1CC1. The van der Waals surface area contributed by atoms with Crippen molar-refractivity contribution in [1.82, 2.24) is 9.55 Å². The highest BCUT2D eigenvalue weighted by atomic mass is 19.1. The van der Waals surface area contributed by atoms with E-state index < -0.39 is 11.4 Å². The minimum Gasteiger partial charge on any atom is -0.379 e. The first-order chi connectivity index (χ1) is 13.5. The summed E-state index contributed by atoms with van der Waals surface area (Å²) in [6.07, 6.45) is 12.6. The summed E-state index contributed by atoms with van der Waals surface area (Å²) in [6, 6.07) is 6.16. The van der Waals surface area contributed by atoms with E-state index in [1.165, 1.54) is 18.9 Å². The first-order valence-corrected chi connectivity index (χ1v) is 9.86. The molecule has 0 spiro atoms. The van der Waals surface area contributed by atoms with E-state index in [1.807, 2.05) is 16.7 Å². The summed E-state index contributed by atoms with van der Waals surface area (Å²) in [5, 5.41) is 20.8. The Morgan fingerprint density at radius 2 is 2.18 bits per heavy atom. The number of hydrogen-bond donors (Lipinski definition) is 1. The summed E-state index contributed by atoms with van der Waals surface area (Å²) in [5.41, 5.74) is 1.31. The first-order valence-electron chi connectivity index (χ1n) is 9.86. The van der Waals surface area contributed by atoms with E-state index in [1.54, 1.807) is 24.7 Å². The highest BCUT2D eigenvalue weighted by Crippen LogP contribution is 2.53. The fraction of sp³-hybridized carbons (Fsp3) is 0.391. The van der Waals surface area contributed by atoms with Gasteiger partial charge in [-0.25, -0.2) is 9.37 Å². The van der Waals surface area contributed by atoms with Crippen LogP contribution in [0.3, 0.4) is 0 Å². The van der Waals surface area contributed by atoms with E-state index >= 15 is 0 Å². The second-order valence-electron chi connectivity index (χ2n) is 8.32. The molecule has 3 aliphatic rings. The topological polar surface area (TPSA) is 61.8 Å². The van der Waals surface area contributed by atoms with Gasteiger partial charge in [0.15, 0.2) is 0 Å². The van der Waals surface area contributed by atoms with Gasteiger partial charge in [-0.1, -0.05) is 31.2 Å². The predicted molar refractivity (Wildman–Crippen MR) is 103 cm³/mol. The molecule has 2 aromatic rings. The predicted octanol–water partition coefficient (Wildman–Crippen LogP) is 4.23. The third-order valence-electron chi connectivity index (χ3n) is 6.72. The number of fused-ring (bicyclic) bond motifs is 1. The van der Waals surface area contributed by atoms with Crippen LogP contribution in [0.1, 0.15) is 49.0 Å². The van der Waals surface area contributed by atoms with Gasteiger partial charge >= 0.3 is 0 Å². The molecule has 0 bridgehead atoms. The molecule has 1 saturated carbocycles. The molecule has 4 nitrogen and oxygen atoms in total. The standard InChI is InChI=1S/C23H22FN3O/c1-14-17(16-6-7-16)3-2-4-19(14)23(28)10-21(27-13-26-12-22(23)27)18-8-5-15(11-25)9-20(18)24/h2-5,8-9,12-14,16-17,21,28H,6-7,10H2,1H3. The number of aromatic nitrogens is 2. The summed E-state index contributed by atoms with van der Waals surface area (Å²) in [5.74, 6) is 0.965. The lowest BCUT2D eigenvalue weighted by atomic mass is 9.72. The van der Waals surface area contributed by atoms with Crippen molar-refractivity contribution in [1.29, 1.82) is 5.26 Å². The van der Waals surface area contributed by atoms with Crippen LogP contribution in [0.25, 0.3) is 0 Å². The molecule has 4 unspecified atom stereocenters. The Hall–Kier alpha value is -2.71. The van der Waals surface area contributed by atoms with Gasteiger partial charge in [-0.2, -0.15) is 5.26 Å². The van der Waals surface area contributed by atoms with Crippen LogP contribution in [0, 0.1) is 34.9 Å². The van der Waals surface area contributed by atoms with Crippen molar-refractivity contribution in [3.05, 3.63) is 77.2 Å². The van der Waals surface area contributed by atoms with Crippen LogP contribution in [-0.4, -0.2) is 14.7 Å². The molecule has 5 rings (SSSR count). The molecule has 2 heterocycles. The molecule has 1 aromatic heterocycles. The van der Waals surface area contributed by atoms with E-state index in [2.05, 4.69) is 24.1 Å². The lowest BCUT2D eigenvalue weighted by Crippen LogP contribution is -2.33. The zero-order valence-corrected chi connectivity index (χ0v) is 15.7. The van der Waals surface area contributed by atoms with Crippen molar-refractivity contribution in [2.75, 3.05) is 0 Å². The Kier molecular flexibility index (Phi) is 3.82. The number of nitriles is 1. The van der Waals surface area contributed by atoms with Crippen molar-refractivity contribution < 1.29 is 9.50 Å². The Morgan fingerprint density at radius 3 is 2.89 bits per heavy atom. The zero-order chi connectivity index (χ0) is 19.5. The van der Waals surface area contributed by atoms with Gasteiger partial charge in [0.05, 0.1) is 35.9 Å². The normalized spacial score (nSPS) is 31.4. The minimum atomic E-state index is -1.17. The summed E-state index contributed by atoms with van der Waals surface area (Å²) < 4.78 is 16.6. The number of rotatable bonds is 3. The second kappa shape index (κ2) is 6.15. The van der Waals surface area contributed by atoms with Gasteiger partial charge in [0.2, 0.25) is 0 Å². The zero-order valence-electron chi connectivity index (χ0n) is 15.7. The molecule has 1 aliphatic heterocycles. The molecular formula is C23H22FN3O. The second-order valence-corrected chi connectivity index (χ2v) is 8.32. The molecule has 28 heavy (non-hydrogen) atoms. The summed E-state index contributed by atoms with van der Waals surface area (Å²) in [6.45, 7) is 2.19. The van der Waals surface area contributed by atoms with Gasteiger partial charge in [-0.3, -0.25) is 0 Å². The molecule has 1 N–H and O–H groups in total. The number of nitrogens with zero attached hydrogens (tertiary/aromatic N) is 3. The largest absolute Gasteiger partial charge is 0.379 e. The summed E-state index contributed by atoms with van der Waals surface area (Å²) in [4.78, 5) is 4.25. The van der Waals surface area contributed by atoms with Crippen molar-refractivity contribution in [2.24, 2.45) is 17.8 Å². The van der Waals surface area contributed by atoms with Crippen LogP contribution in [0.4, 0.5) is 4.39 Å². The first kappa shape index (κ1) is 17.4. The van der Waals surface area contributed by atoms with E-state index in [0.717, 1.165) is 5.57 Å². The highest BCUT2D eigenvalue weighted by Gasteiger charge is 2.50. The molecule has 1 aromatic carbocycles. The maximum Gasteiger partial charge on any atom is 0.130 e. The van der Waals surface area contributed by atoms with Crippen LogP contribution in [0.2, 0.25) is 0 Å². The smallest absolute Gasteiger partial charge is 0.130 e. The van der Waals surface area contributed by atoms with Crippen molar-refractivity contribution >= 4 is 0 Å². The maximum atomic E-state index is 14.7. The van der Waals surface area contributed by atoms with Gasteiger partial charge in [-0.15, -0.1) is 0 Å². The van der Waals surface area contributed by atoms with Gasteiger partial charge in [0, 0.05) is 12.0 Å². The fourth-order valence-electron chi connectivity index (χ4n) is 5.12. The van der Waals surface area contributed by atoms with E-state index in [9.17, 15) is 9.50 Å². The number of hydrogen-bond acceptors (Lipinski definition) is 3. The van der Waals surface area contributed by atoms with E-state index in [0.29, 0.717) is 35.1 Å². The van der Waals surface area contributed by atoms with Crippen molar-refractivity contribution in [2.45, 2.75) is 37.8 Å². The van der Waals surface area contributed by atoms with Crippen molar-refractivity contribution in [3.8, 4) is 6.07 Å². The summed E-state index contributed by atoms with van der Waals surface area (Å²) in [7, 11) is 0. The Morgan fingerprint density at radius 1 is 1.36 bits per heavy atom. The molecule has 2 aliphatic carbocycles. The Bertz CT molecular complexity index is 1040. The van der Waals surface area contributed by atoms with Gasteiger partial charge in [-0.05, 0) is 48.3 Å². The Balaban J connectivity index is 1.55. The van der Waals surface area contributed by atoms with Gasteiger partial charge in [0.25, 0.3) is 0 Å².